The predicted molar refractivity (Wildman–Crippen MR) is 102 cm³/mol. The minimum absolute atomic E-state index is 0.259. The summed E-state index contributed by atoms with van der Waals surface area (Å²) in [5.74, 6) is -3.38. The molecule has 1 aliphatic carbocycles. The maximum absolute atomic E-state index is 13.5. The van der Waals surface area contributed by atoms with Crippen molar-refractivity contribution in [3.05, 3.63) is 58.4 Å². The molecule has 1 N–H and O–H groups in total. The highest BCUT2D eigenvalue weighted by Gasteiger charge is 2.27. The van der Waals surface area contributed by atoms with E-state index in [1.54, 1.807) is 6.07 Å². The van der Waals surface area contributed by atoms with E-state index in [1.165, 1.54) is 6.08 Å². The molecule has 29 heavy (non-hydrogen) atoms. The van der Waals surface area contributed by atoms with E-state index in [0.717, 1.165) is 48.0 Å². The molecule has 1 saturated carbocycles. The first-order valence-corrected chi connectivity index (χ1v) is 9.02. The number of nitrogens with one attached hydrogen (secondary N) is 1. The summed E-state index contributed by atoms with van der Waals surface area (Å²) in [5.41, 5.74) is 2.10. The van der Waals surface area contributed by atoms with Gasteiger partial charge in [0.2, 0.25) is 0 Å². The van der Waals surface area contributed by atoms with Crippen LogP contribution in [-0.2, 0) is 14.3 Å². The van der Waals surface area contributed by atoms with Gasteiger partial charge >= 0.3 is 5.97 Å². The third kappa shape index (κ3) is 4.69. The zero-order valence-electron chi connectivity index (χ0n) is 16.0. The molecule has 2 aromatic rings. The highest BCUT2D eigenvalue weighted by atomic mass is 19.1. The Labute approximate surface area is 166 Å². The summed E-state index contributed by atoms with van der Waals surface area (Å²) in [6.45, 7) is 3.14. The van der Waals surface area contributed by atoms with Gasteiger partial charge in [-0.15, -0.1) is 0 Å². The van der Waals surface area contributed by atoms with Gasteiger partial charge in [0.1, 0.15) is 23.3 Å². The Kier molecular flexibility index (Phi) is 5.78. The van der Waals surface area contributed by atoms with E-state index in [-0.39, 0.29) is 11.3 Å². The molecular weight excluding hydrogens is 380 g/mol. The fraction of sp³-hybridized carbons (Fsp3) is 0.286. The number of nitrogens with zero attached hydrogens (tertiary/aromatic N) is 2. The monoisotopic (exact) mass is 399 g/mol. The van der Waals surface area contributed by atoms with Crippen LogP contribution in [0.4, 0.5) is 14.5 Å². The summed E-state index contributed by atoms with van der Waals surface area (Å²) < 4.78 is 33.7. The minimum Gasteiger partial charge on any atom is -0.451 e. The van der Waals surface area contributed by atoms with Crippen LogP contribution in [0.3, 0.4) is 0 Å². The van der Waals surface area contributed by atoms with Crippen LogP contribution in [0.5, 0.6) is 0 Å². The molecule has 0 bridgehead atoms. The third-order valence-corrected chi connectivity index (χ3v) is 4.61. The number of hydrogen-bond donors (Lipinski definition) is 1. The Morgan fingerprint density at radius 3 is 2.69 bits per heavy atom. The summed E-state index contributed by atoms with van der Waals surface area (Å²) >= 11 is 0. The molecule has 0 aliphatic heterocycles. The number of ether oxygens (including phenoxy) is 1. The molecule has 1 aromatic heterocycles. The second-order valence-electron chi connectivity index (χ2n) is 6.85. The molecule has 0 radical (unpaired) electrons. The number of rotatable bonds is 6. The molecule has 8 heteroatoms. The topological polar surface area (TPSA) is 84.1 Å². The van der Waals surface area contributed by atoms with E-state index >= 15 is 0 Å². The van der Waals surface area contributed by atoms with Gasteiger partial charge in [0.25, 0.3) is 5.91 Å². The largest absolute Gasteiger partial charge is 0.451 e. The molecule has 1 amide bonds. The number of amides is 1. The predicted octanol–water partition coefficient (Wildman–Crippen LogP) is 3.81. The van der Waals surface area contributed by atoms with Gasteiger partial charge in [0.15, 0.2) is 6.61 Å². The van der Waals surface area contributed by atoms with Crippen molar-refractivity contribution < 1.29 is 23.1 Å². The molecule has 1 fully saturated rings. The van der Waals surface area contributed by atoms with Crippen LogP contribution < -0.4 is 5.32 Å². The molecule has 0 spiro atoms. The highest BCUT2D eigenvalue weighted by molar-refractivity contribution is 6.00. The maximum atomic E-state index is 13.5. The van der Waals surface area contributed by atoms with E-state index in [2.05, 4.69) is 9.88 Å². The molecular formula is C21H19F2N3O3. The number of hydrogen-bond acceptors (Lipinski definition) is 4. The molecule has 6 nitrogen and oxygen atoms in total. The van der Waals surface area contributed by atoms with Crippen LogP contribution >= 0.6 is 0 Å². The lowest BCUT2D eigenvalue weighted by Crippen LogP contribution is -2.22. The van der Waals surface area contributed by atoms with Gasteiger partial charge in [-0.25, -0.2) is 13.6 Å². The van der Waals surface area contributed by atoms with E-state index in [0.29, 0.717) is 6.04 Å². The smallest absolute Gasteiger partial charge is 0.349 e. The van der Waals surface area contributed by atoms with Crippen molar-refractivity contribution in [2.75, 3.05) is 11.9 Å². The van der Waals surface area contributed by atoms with Gasteiger partial charge in [-0.3, -0.25) is 4.79 Å². The van der Waals surface area contributed by atoms with Crippen molar-refractivity contribution in [1.29, 1.82) is 5.26 Å². The first-order chi connectivity index (χ1) is 13.8. The molecule has 1 heterocycles. The third-order valence-electron chi connectivity index (χ3n) is 4.61. The Balaban J connectivity index is 1.65. The van der Waals surface area contributed by atoms with Crippen LogP contribution in [0, 0.1) is 36.8 Å². The number of esters is 1. The number of aryl methyl sites for hydroxylation is 1. The molecule has 0 unspecified atom stereocenters. The van der Waals surface area contributed by atoms with E-state index in [1.807, 2.05) is 19.9 Å². The summed E-state index contributed by atoms with van der Waals surface area (Å²) in [5, 5.41) is 11.4. The molecule has 1 aromatic carbocycles. The fourth-order valence-electron chi connectivity index (χ4n) is 3.12. The Morgan fingerprint density at radius 2 is 2.03 bits per heavy atom. The molecule has 1 aliphatic rings. The Bertz CT molecular complexity index is 1050. The molecule has 0 saturated heterocycles. The van der Waals surface area contributed by atoms with E-state index in [9.17, 15) is 23.6 Å². The van der Waals surface area contributed by atoms with Gasteiger partial charge in [0.05, 0.1) is 5.69 Å². The number of benzene rings is 1. The Morgan fingerprint density at radius 1 is 1.31 bits per heavy atom. The number of halogens is 2. The van der Waals surface area contributed by atoms with E-state index < -0.39 is 30.1 Å². The van der Waals surface area contributed by atoms with Gasteiger partial charge in [0, 0.05) is 23.5 Å². The first-order valence-electron chi connectivity index (χ1n) is 9.02. The van der Waals surface area contributed by atoms with Crippen LogP contribution in [0.1, 0.15) is 35.8 Å². The van der Waals surface area contributed by atoms with Crippen LogP contribution in [-0.4, -0.2) is 23.1 Å². The number of aromatic nitrogens is 1. The van der Waals surface area contributed by atoms with Crippen molar-refractivity contribution in [3.8, 4) is 6.07 Å². The second-order valence-corrected chi connectivity index (χ2v) is 6.85. The number of carbonyl (C=O) groups excluding carboxylic acids is 2. The van der Waals surface area contributed by atoms with Gasteiger partial charge < -0.3 is 14.6 Å². The van der Waals surface area contributed by atoms with Crippen LogP contribution in [0.25, 0.3) is 6.08 Å². The van der Waals surface area contributed by atoms with Crippen molar-refractivity contribution in [2.45, 2.75) is 32.7 Å². The number of nitriles is 1. The molecule has 0 atom stereocenters. The van der Waals surface area contributed by atoms with Crippen molar-refractivity contribution in [3.63, 3.8) is 0 Å². The van der Waals surface area contributed by atoms with Crippen molar-refractivity contribution in [1.82, 2.24) is 4.57 Å². The van der Waals surface area contributed by atoms with Crippen LogP contribution in [0.15, 0.2) is 29.8 Å². The summed E-state index contributed by atoms with van der Waals surface area (Å²) in [7, 11) is 0. The summed E-state index contributed by atoms with van der Waals surface area (Å²) in [4.78, 5) is 24.0. The summed E-state index contributed by atoms with van der Waals surface area (Å²) in [6.07, 6.45) is 3.63. The van der Waals surface area contributed by atoms with Crippen LogP contribution in [0.2, 0.25) is 0 Å². The SMILES string of the molecule is Cc1cc(/C=C(\C#N)C(=O)OCC(=O)Nc2cc(F)ccc2F)c(C)n1C1CC1. The average molecular weight is 399 g/mol. The summed E-state index contributed by atoms with van der Waals surface area (Å²) in [6, 6.07) is 6.71. The molecule has 3 rings (SSSR count). The van der Waals surface area contributed by atoms with Crippen molar-refractivity contribution in [2.24, 2.45) is 0 Å². The molecule has 150 valence electrons. The normalized spacial score (nSPS) is 13.7. The van der Waals surface area contributed by atoms with Gasteiger partial charge in [-0.1, -0.05) is 0 Å². The zero-order chi connectivity index (χ0) is 21.1. The van der Waals surface area contributed by atoms with Crippen molar-refractivity contribution >= 4 is 23.6 Å². The number of anilines is 1. The average Bonchev–Trinajstić information content (AvgIpc) is 3.46. The maximum Gasteiger partial charge on any atom is 0.349 e. The lowest BCUT2D eigenvalue weighted by molar-refractivity contribution is -0.142. The number of carbonyl (C=O) groups is 2. The van der Waals surface area contributed by atoms with Gasteiger partial charge in [-0.2, -0.15) is 5.26 Å². The highest BCUT2D eigenvalue weighted by Crippen LogP contribution is 2.38. The van der Waals surface area contributed by atoms with E-state index in [4.69, 9.17) is 4.74 Å². The lowest BCUT2D eigenvalue weighted by atomic mass is 10.1. The quantitative estimate of drug-likeness (QED) is 0.455. The van der Waals surface area contributed by atoms with Gasteiger partial charge in [-0.05, 0) is 56.5 Å². The lowest BCUT2D eigenvalue weighted by Gasteiger charge is -2.08. The standard InChI is InChI=1S/C21H19F2N3O3/c1-12-7-14(13(2)26(12)17-4-5-17)8-15(10-24)21(28)29-11-20(27)25-19-9-16(22)3-6-18(19)23/h3,6-9,17H,4-5,11H2,1-2H3,(H,25,27)/b15-8+. The Hall–Kier alpha value is -3.47. The fourth-order valence-corrected chi connectivity index (χ4v) is 3.12. The second kappa shape index (κ2) is 8.27. The first kappa shape index (κ1) is 20.3. The minimum atomic E-state index is -0.974. The zero-order valence-corrected chi connectivity index (χ0v) is 16.0.